The van der Waals surface area contributed by atoms with Crippen LogP contribution in [0.15, 0.2) is 24.3 Å². The van der Waals surface area contributed by atoms with Gasteiger partial charge in [-0.15, -0.1) is 0 Å². The van der Waals surface area contributed by atoms with Crippen molar-refractivity contribution in [3.8, 4) is 5.75 Å². The third-order valence-electron chi connectivity index (χ3n) is 2.51. The first-order chi connectivity index (χ1) is 9.97. The molecule has 0 atom stereocenters. The zero-order valence-corrected chi connectivity index (χ0v) is 12.9. The van der Waals surface area contributed by atoms with E-state index in [2.05, 4.69) is 10.6 Å². The van der Waals surface area contributed by atoms with Crippen LogP contribution in [0.3, 0.4) is 0 Å². The predicted molar refractivity (Wildman–Crippen MR) is 81.5 cm³/mol. The van der Waals surface area contributed by atoms with Crippen molar-refractivity contribution in [3.05, 3.63) is 29.3 Å². The third kappa shape index (κ3) is 8.16. The molecular formula is C14H20ClN3O3. The maximum atomic E-state index is 11.5. The lowest BCUT2D eigenvalue weighted by Gasteiger charge is -2.11. The number of benzene rings is 1. The summed E-state index contributed by atoms with van der Waals surface area (Å²) >= 11 is 5.74. The molecular weight excluding hydrogens is 294 g/mol. The van der Waals surface area contributed by atoms with Gasteiger partial charge in [0.1, 0.15) is 5.75 Å². The highest BCUT2D eigenvalue weighted by Gasteiger charge is 2.06. The fourth-order valence-electron chi connectivity index (χ4n) is 1.39. The van der Waals surface area contributed by atoms with Crippen LogP contribution in [-0.4, -0.2) is 57.1 Å². The van der Waals surface area contributed by atoms with Gasteiger partial charge in [0, 0.05) is 18.1 Å². The molecule has 1 aromatic carbocycles. The smallest absolute Gasteiger partial charge is 0.258 e. The van der Waals surface area contributed by atoms with Gasteiger partial charge in [-0.3, -0.25) is 9.59 Å². The molecule has 0 fully saturated rings. The SMILES string of the molecule is CN(C)CCNC(=O)CNC(=O)COc1ccc(Cl)cc1. The topological polar surface area (TPSA) is 70.7 Å². The monoisotopic (exact) mass is 313 g/mol. The van der Waals surface area contributed by atoms with Gasteiger partial charge >= 0.3 is 0 Å². The van der Waals surface area contributed by atoms with Gasteiger partial charge in [0.15, 0.2) is 6.61 Å². The van der Waals surface area contributed by atoms with E-state index < -0.39 is 0 Å². The van der Waals surface area contributed by atoms with Crippen LogP contribution in [0.25, 0.3) is 0 Å². The molecule has 0 aliphatic heterocycles. The number of hydrogen-bond donors (Lipinski definition) is 2. The van der Waals surface area contributed by atoms with Crippen molar-refractivity contribution in [2.24, 2.45) is 0 Å². The van der Waals surface area contributed by atoms with Crippen LogP contribution in [0.2, 0.25) is 5.02 Å². The van der Waals surface area contributed by atoms with E-state index in [-0.39, 0.29) is 25.0 Å². The van der Waals surface area contributed by atoms with E-state index in [4.69, 9.17) is 16.3 Å². The normalized spacial score (nSPS) is 10.3. The third-order valence-corrected chi connectivity index (χ3v) is 2.76. The average molecular weight is 314 g/mol. The van der Waals surface area contributed by atoms with Crippen molar-refractivity contribution in [1.82, 2.24) is 15.5 Å². The molecule has 2 N–H and O–H groups in total. The largest absolute Gasteiger partial charge is 0.484 e. The summed E-state index contributed by atoms with van der Waals surface area (Å²) in [5, 5.41) is 5.78. The van der Waals surface area contributed by atoms with Crippen LogP contribution in [0, 0.1) is 0 Å². The van der Waals surface area contributed by atoms with Crippen molar-refractivity contribution in [1.29, 1.82) is 0 Å². The lowest BCUT2D eigenvalue weighted by Crippen LogP contribution is -2.40. The number of halogens is 1. The molecule has 2 amide bonds. The number of rotatable bonds is 8. The summed E-state index contributed by atoms with van der Waals surface area (Å²) in [7, 11) is 3.84. The second-order valence-corrected chi connectivity index (χ2v) is 5.11. The van der Waals surface area contributed by atoms with E-state index in [1.807, 2.05) is 19.0 Å². The number of hydrogen-bond acceptors (Lipinski definition) is 4. The minimum atomic E-state index is -0.354. The van der Waals surface area contributed by atoms with E-state index >= 15 is 0 Å². The molecule has 0 saturated heterocycles. The number of amides is 2. The molecule has 0 aliphatic rings. The van der Waals surface area contributed by atoms with Gasteiger partial charge < -0.3 is 20.3 Å². The van der Waals surface area contributed by atoms with Crippen LogP contribution >= 0.6 is 11.6 Å². The Morgan fingerprint density at radius 3 is 2.43 bits per heavy atom. The summed E-state index contributed by atoms with van der Waals surface area (Å²) in [6, 6.07) is 6.69. The molecule has 116 valence electrons. The van der Waals surface area contributed by atoms with Gasteiger partial charge in [-0.2, -0.15) is 0 Å². The Kier molecular flexibility index (Phi) is 7.56. The highest BCUT2D eigenvalue weighted by atomic mass is 35.5. The Balaban J connectivity index is 2.16. The lowest BCUT2D eigenvalue weighted by molar-refractivity contribution is -0.127. The summed E-state index contributed by atoms with van der Waals surface area (Å²) in [4.78, 5) is 24.9. The van der Waals surface area contributed by atoms with Crippen molar-refractivity contribution in [3.63, 3.8) is 0 Å². The molecule has 0 spiro atoms. The number of nitrogens with one attached hydrogen (secondary N) is 2. The highest BCUT2D eigenvalue weighted by molar-refractivity contribution is 6.30. The molecule has 0 radical (unpaired) electrons. The summed E-state index contributed by atoms with van der Waals surface area (Å²) in [5.41, 5.74) is 0. The fourth-order valence-corrected chi connectivity index (χ4v) is 1.52. The predicted octanol–water partition coefficient (Wildman–Crippen LogP) is 0.513. The summed E-state index contributed by atoms with van der Waals surface area (Å²) in [6.45, 7) is 1.09. The van der Waals surface area contributed by atoms with Crippen LogP contribution in [0.1, 0.15) is 0 Å². The van der Waals surface area contributed by atoms with Crippen LogP contribution < -0.4 is 15.4 Å². The Bertz CT molecular complexity index is 463. The van der Waals surface area contributed by atoms with E-state index in [0.717, 1.165) is 6.54 Å². The number of carbonyl (C=O) groups excluding carboxylic acids is 2. The Morgan fingerprint density at radius 1 is 1.14 bits per heavy atom. The Hall–Kier alpha value is -1.79. The first-order valence-electron chi connectivity index (χ1n) is 6.54. The van der Waals surface area contributed by atoms with Crippen molar-refractivity contribution in [2.75, 3.05) is 40.3 Å². The standard InChI is InChI=1S/C14H20ClN3O3/c1-18(2)8-7-16-13(19)9-17-14(20)10-21-12-5-3-11(15)4-6-12/h3-6H,7-10H2,1-2H3,(H,16,19)(H,17,20). The van der Waals surface area contributed by atoms with Gasteiger partial charge in [-0.25, -0.2) is 0 Å². The van der Waals surface area contributed by atoms with E-state index in [9.17, 15) is 9.59 Å². The second-order valence-electron chi connectivity index (χ2n) is 4.67. The van der Waals surface area contributed by atoms with Gasteiger partial charge in [0.2, 0.25) is 5.91 Å². The molecule has 0 saturated carbocycles. The first-order valence-corrected chi connectivity index (χ1v) is 6.91. The molecule has 21 heavy (non-hydrogen) atoms. The molecule has 0 aliphatic carbocycles. The second kappa shape index (κ2) is 9.20. The van der Waals surface area contributed by atoms with Crippen LogP contribution in [0.4, 0.5) is 0 Å². The maximum Gasteiger partial charge on any atom is 0.258 e. The van der Waals surface area contributed by atoms with Crippen LogP contribution in [0.5, 0.6) is 5.75 Å². The zero-order chi connectivity index (χ0) is 15.7. The summed E-state index contributed by atoms with van der Waals surface area (Å²) in [6.07, 6.45) is 0. The van der Waals surface area contributed by atoms with Crippen molar-refractivity contribution < 1.29 is 14.3 Å². The molecule has 0 heterocycles. The molecule has 0 unspecified atom stereocenters. The molecule has 0 bridgehead atoms. The maximum absolute atomic E-state index is 11.5. The molecule has 1 aromatic rings. The average Bonchev–Trinajstić information content (AvgIpc) is 2.44. The summed E-state index contributed by atoms with van der Waals surface area (Å²) < 4.78 is 5.26. The van der Waals surface area contributed by atoms with Gasteiger partial charge in [0.25, 0.3) is 5.91 Å². The van der Waals surface area contributed by atoms with E-state index in [1.165, 1.54) is 0 Å². The Morgan fingerprint density at radius 2 is 1.81 bits per heavy atom. The van der Waals surface area contributed by atoms with E-state index in [1.54, 1.807) is 24.3 Å². The lowest BCUT2D eigenvalue weighted by atomic mass is 10.3. The number of carbonyl (C=O) groups is 2. The molecule has 1 rings (SSSR count). The van der Waals surface area contributed by atoms with Gasteiger partial charge in [-0.05, 0) is 38.4 Å². The number of likely N-dealkylation sites (N-methyl/N-ethyl adjacent to an activating group) is 1. The number of nitrogens with zero attached hydrogens (tertiary/aromatic N) is 1. The van der Waals surface area contributed by atoms with Crippen LogP contribution in [-0.2, 0) is 9.59 Å². The quantitative estimate of drug-likeness (QED) is 0.734. The minimum Gasteiger partial charge on any atom is -0.484 e. The van der Waals surface area contributed by atoms with Crippen molar-refractivity contribution >= 4 is 23.4 Å². The Labute approximate surface area is 129 Å². The van der Waals surface area contributed by atoms with Gasteiger partial charge in [-0.1, -0.05) is 11.6 Å². The molecule has 6 nitrogen and oxygen atoms in total. The zero-order valence-electron chi connectivity index (χ0n) is 12.2. The minimum absolute atomic E-state index is 0.0593. The van der Waals surface area contributed by atoms with Gasteiger partial charge in [0.05, 0.1) is 6.54 Å². The van der Waals surface area contributed by atoms with E-state index in [0.29, 0.717) is 17.3 Å². The summed E-state index contributed by atoms with van der Waals surface area (Å²) in [5.74, 6) is -0.0330. The highest BCUT2D eigenvalue weighted by Crippen LogP contribution is 2.15. The first kappa shape index (κ1) is 17.3. The molecule has 7 heteroatoms. The molecule has 0 aromatic heterocycles. The van der Waals surface area contributed by atoms with Crippen molar-refractivity contribution in [2.45, 2.75) is 0 Å². The fraction of sp³-hybridized carbons (Fsp3) is 0.429. The number of ether oxygens (including phenoxy) is 1.